The first-order chi connectivity index (χ1) is 16.5. The van der Waals surface area contributed by atoms with Gasteiger partial charge in [0.15, 0.2) is 5.82 Å². The summed E-state index contributed by atoms with van der Waals surface area (Å²) in [6, 6.07) is 15.4. The largest absolute Gasteiger partial charge is 0.465 e. The molecule has 0 unspecified atom stereocenters. The van der Waals surface area contributed by atoms with E-state index in [0.717, 1.165) is 16.6 Å². The lowest BCUT2D eigenvalue weighted by atomic mass is 10.1. The minimum absolute atomic E-state index is 0.153. The predicted molar refractivity (Wildman–Crippen MR) is 130 cm³/mol. The standard InChI is InChI=1S/C25H29N5O4/c1-3-34-22(31)16-26-25(33)29-14-12-28(13-15-29)23-24(32)30(17-19-10-8-18(2)9-11-19)21-7-5-4-6-20(21)27-23/h4-11H,3,12-17H2,1-2H3,(H,26,33). The number of benzene rings is 2. The first-order valence-corrected chi connectivity index (χ1v) is 11.4. The molecule has 0 atom stereocenters. The van der Waals surface area contributed by atoms with Gasteiger partial charge in [-0.15, -0.1) is 0 Å². The van der Waals surface area contributed by atoms with Crippen LogP contribution in [-0.4, -0.2) is 65.8 Å². The molecule has 1 aromatic heterocycles. The van der Waals surface area contributed by atoms with Crippen LogP contribution in [0.3, 0.4) is 0 Å². The number of amides is 2. The fourth-order valence-electron chi connectivity index (χ4n) is 4.01. The maximum Gasteiger partial charge on any atom is 0.325 e. The molecule has 1 saturated heterocycles. The second-order valence-corrected chi connectivity index (χ2v) is 8.24. The Morgan fingerprint density at radius 3 is 2.44 bits per heavy atom. The molecule has 1 fully saturated rings. The number of nitrogens with zero attached hydrogens (tertiary/aromatic N) is 4. The van der Waals surface area contributed by atoms with E-state index in [1.165, 1.54) is 5.56 Å². The van der Waals surface area contributed by atoms with E-state index in [9.17, 15) is 14.4 Å². The Kier molecular flexibility index (Phi) is 7.10. The summed E-state index contributed by atoms with van der Waals surface area (Å²) in [7, 11) is 0. The lowest BCUT2D eigenvalue weighted by Crippen LogP contribution is -2.53. The lowest BCUT2D eigenvalue weighted by molar-refractivity contribution is -0.141. The number of carbonyl (C=O) groups is 2. The molecule has 0 bridgehead atoms. The Labute approximate surface area is 197 Å². The van der Waals surface area contributed by atoms with Crippen LogP contribution in [0.2, 0.25) is 0 Å². The van der Waals surface area contributed by atoms with Gasteiger partial charge in [0.2, 0.25) is 0 Å². The third-order valence-electron chi connectivity index (χ3n) is 5.85. The zero-order valence-electron chi connectivity index (χ0n) is 19.5. The Hall–Kier alpha value is -3.88. The monoisotopic (exact) mass is 463 g/mol. The molecule has 4 rings (SSSR count). The summed E-state index contributed by atoms with van der Waals surface area (Å²) in [6.07, 6.45) is 0. The van der Waals surface area contributed by atoms with Crippen molar-refractivity contribution in [3.05, 3.63) is 70.0 Å². The van der Waals surface area contributed by atoms with Gasteiger partial charge in [-0.1, -0.05) is 42.0 Å². The van der Waals surface area contributed by atoms with Crippen LogP contribution in [0.4, 0.5) is 10.6 Å². The molecule has 1 aliphatic heterocycles. The van der Waals surface area contributed by atoms with Gasteiger partial charge in [-0.05, 0) is 31.5 Å². The number of rotatable bonds is 6. The minimum atomic E-state index is -0.469. The van der Waals surface area contributed by atoms with Crippen molar-refractivity contribution in [3.8, 4) is 0 Å². The molecule has 2 amide bonds. The predicted octanol–water partition coefficient (Wildman–Crippen LogP) is 2.15. The first kappa shape index (κ1) is 23.3. The van der Waals surface area contributed by atoms with Gasteiger partial charge in [0.25, 0.3) is 5.56 Å². The number of ether oxygens (including phenoxy) is 1. The Morgan fingerprint density at radius 1 is 1.03 bits per heavy atom. The van der Waals surface area contributed by atoms with Crippen molar-refractivity contribution in [1.82, 2.24) is 19.8 Å². The van der Waals surface area contributed by atoms with Crippen LogP contribution in [0.5, 0.6) is 0 Å². The minimum Gasteiger partial charge on any atom is -0.465 e. The van der Waals surface area contributed by atoms with Gasteiger partial charge in [0.05, 0.1) is 24.2 Å². The molecule has 0 radical (unpaired) electrons. The van der Waals surface area contributed by atoms with Crippen molar-refractivity contribution in [2.24, 2.45) is 0 Å². The number of anilines is 1. The summed E-state index contributed by atoms with van der Waals surface area (Å²) in [5, 5.41) is 2.58. The van der Waals surface area contributed by atoms with E-state index in [1.807, 2.05) is 60.4 Å². The molecule has 0 aliphatic carbocycles. The fourth-order valence-corrected chi connectivity index (χ4v) is 4.01. The fraction of sp³-hybridized carbons (Fsp3) is 0.360. The van der Waals surface area contributed by atoms with Crippen LogP contribution in [0.1, 0.15) is 18.1 Å². The van der Waals surface area contributed by atoms with Crippen molar-refractivity contribution in [2.75, 3.05) is 44.2 Å². The molecule has 0 saturated carbocycles. The van der Waals surface area contributed by atoms with Crippen LogP contribution >= 0.6 is 0 Å². The topological polar surface area (TPSA) is 96.8 Å². The number of aryl methyl sites for hydroxylation is 1. The van der Waals surface area contributed by atoms with Gasteiger partial charge >= 0.3 is 12.0 Å². The maximum absolute atomic E-state index is 13.5. The zero-order valence-corrected chi connectivity index (χ0v) is 19.5. The van der Waals surface area contributed by atoms with Crippen LogP contribution in [0, 0.1) is 6.92 Å². The van der Waals surface area contributed by atoms with E-state index in [1.54, 1.807) is 16.4 Å². The van der Waals surface area contributed by atoms with Crippen LogP contribution < -0.4 is 15.8 Å². The molecule has 0 spiro atoms. The maximum atomic E-state index is 13.5. The highest BCUT2D eigenvalue weighted by Gasteiger charge is 2.25. The van der Waals surface area contributed by atoms with Gasteiger partial charge in [-0.2, -0.15) is 0 Å². The highest BCUT2D eigenvalue weighted by molar-refractivity contribution is 5.81. The molecule has 1 N–H and O–H groups in total. The average molecular weight is 464 g/mol. The number of carbonyl (C=O) groups excluding carboxylic acids is 2. The molecule has 9 nitrogen and oxygen atoms in total. The van der Waals surface area contributed by atoms with Crippen molar-refractivity contribution >= 4 is 28.9 Å². The van der Waals surface area contributed by atoms with E-state index in [4.69, 9.17) is 4.74 Å². The van der Waals surface area contributed by atoms with Crippen LogP contribution in [0.25, 0.3) is 11.0 Å². The molecule has 2 heterocycles. The number of esters is 1. The van der Waals surface area contributed by atoms with E-state index >= 15 is 0 Å². The third kappa shape index (κ3) is 5.19. The number of hydrogen-bond acceptors (Lipinski definition) is 6. The number of fused-ring (bicyclic) bond motifs is 1. The van der Waals surface area contributed by atoms with Crippen LogP contribution in [0.15, 0.2) is 53.3 Å². The number of nitrogens with one attached hydrogen (secondary N) is 1. The molecule has 178 valence electrons. The number of urea groups is 1. The molecular weight excluding hydrogens is 434 g/mol. The molecule has 9 heteroatoms. The van der Waals surface area contributed by atoms with Gasteiger partial charge in [0, 0.05) is 26.2 Å². The molecule has 2 aromatic carbocycles. The zero-order chi connectivity index (χ0) is 24.1. The lowest BCUT2D eigenvalue weighted by Gasteiger charge is -2.35. The SMILES string of the molecule is CCOC(=O)CNC(=O)N1CCN(c2nc3ccccc3n(Cc3ccc(C)cc3)c2=O)CC1. The normalized spacial score (nSPS) is 13.7. The second kappa shape index (κ2) is 10.4. The third-order valence-corrected chi connectivity index (χ3v) is 5.85. The molecule has 34 heavy (non-hydrogen) atoms. The van der Waals surface area contributed by atoms with Gasteiger partial charge in [-0.3, -0.25) is 14.2 Å². The van der Waals surface area contributed by atoms with E-state index in [-0.39, 0.29) is 24.7 Å². The van der Waals surface area contributed by atoms with E-state index in [2.05, 4.69) is 10.3 Å². The Morgan fingerprint density at radius 2 is 1.74 bits per heavy atom. The van der Waals surface area contributed by atoms with Crippen molar-refractivity contribution in [2.45, 2.75) is 20.4 Å². The summed E-state index contributed by atoms with van der Waals surface area (Å²) >= 11 is 0. The van der Waals surface area contributed by atoms with E-state index in [0.29, 0.717) is 38.5 Å². The summed E-state index contributed by atoms with van der Waals surface area (Å²) in [6.45, 7) is 6.08. The highest BCUT2D eigenvalue weighted by Crippen LogP contribution is 2.17. The highest BCUT2D eigenvalue weighted by atomic mass is 16.5. The number of hydrogen-bond donors (Lipinski definition) is 1. The van der Waals surface area contributed by atoms with Gasteiger partial charge in [-0.25, -0.2) is 9.78 Å². The van der Waals surface area contributed by atoms with E-state index < -0.39 is 5.97 Å². The van der Waals surface area contributed by atoms with Crippen molar-refractivity contribution in [1.29, 1.82) is 0 Å². The van der Waals surface area contributed by atoms with Crippen LogP contribution in [-0.2, 0) is 16.1 Å². The second-order valence-electron chi connectivity index (χ2n) is 8.24. The van der Waals surface area contributed by atoms with Crippen molar-refractivity contribution < 1.29 is 14.3 Å². The number of aromatic nitrogens is 2. The smallest absolute Gasteiger partial charge is 0.325 e. The molecular formula is C25H29N5O4. The average Bonchev–Trinajstić information content (AvgIpc) is 2.85. The summed E-state index contributed by atoms with van der Waals surface area (Å²) in [5.41, 5.74) is 3.59. The van der Waals surface area contributed by atoms with Gasteiger partial charge < -0.3 is 19.9 Å². The number of piperazine rings is 1. The number of para-hydroxylation sites is 2. The summed E-state index contributed by atoms with van der Waals surface area (Å²) in [5.74, 6) is -0.0821. The van der Waals surface area contributed by atoms with Gasteiger partial charge in [0.1, 0.15) is 6.54 Å². The van der Waals surface area contributed by atoms with Crippen molar-refractivity contribution in [3.63, 3.8) is 0 Å². The Bertz CT molecular complexity index is 1230. The Balaban J connectivity index is 1.52. The summed E-state index contributed by atoms with van der Waals surface area (Å²) < 4.78 is 6.60. The molecule has 1 aliphatic rings. The first-order valence-electron chi connectivity index (χ1n) is 11.4. The quantitative estimate of drug-likeness (QED) is 0.563. The summed E-state index contributed by atoms with van der Waals surface area (Å²) in [4.78, 5) is 45.6. The molecule has 3 aromatic rings.